The van der Waals surface area contributed by atoms with E-state index in [1.54, 1.807) is 20.8 Å². The average Bonchev–Trinajstić information content (AvgIpc) is 2.22. The SMILES string of the molecule is CC1(C)CCCC(NC(=O)N[C@@H](C(=O)O)C(C)(C)C)C1. The third-order valence-corrected chi connectivity index (χ3v) is 3.93. The summed E-state index contributed by atoms with van der Waals surface area (Å²) in [6.07, 6.45) is 4.17. The van der Waals surface area contributed by atoms with Gasteiger partial charge in [0.1, 0.15) is 6.04 Å². The molecule has 116 valence electrons. The molecular weight excluding hydrogens is 256 g/mol. The van der Waals surface area contributed by atoms with Crippen LogP contribution in [0.3, 0.4) is 0 Å². The molecule has 1 aliphatic carbocycles. The van der Waals surface area contributed by atoms with Crippen molar-refractivity contribution >= 4 is 12.0 Å². The minimum atomic E-state index is -1.00. The summed E-state index contributed by atoms with van der Waals surface area (Å²) < 4.78 is 0. The molecule has 0 aromatic rings. The Kier molecular flexibility index (Phi) is 5.05. The summed E-state index contributed by atoms with van der Waals surface area (Å²) in [6.45, 7) is 9.81. The summed E-state index contributed by atoms with van der Waals surface area (Å²) in [5, 5.41) is 14.7. The highest BCUT2D eigenvalue weighted by Gasteiger charge is 2.34. The van der Waals surface area contributed by atoms with Gasteiger partial charge in [-0.15, -0.1) is 0 Å². The number of carbonyl (C=O) groups is 2. The Labute approximate surface area is 121 Å². The molecule has 20 heavy (non-hydrogen) atoms. The lowest BCUT2D eigenvalue weighted by molar-refractivity contribution is -0.141. The standard InChI is InChI=1S/C15H28N2O3/c1-14(2,3)11(12(18)19)17-13(20)16-10-7-6-8-15(4,5)9-10/h10-11H,6-9H2,1-5H3,(H,18,19)(H2,16,17,20)/t10?,11-/m0/s1. The van der Waals surface area contributed by atoms with Crippen molar-refractivity contribution in [3.8, 4) is 0 Å². The van der Waals surface area contributed by atoms with Gasteiger partial charge in [-0.3, -0.25) is 0 Å². The molecule has 0 aliphatic heterocycles. The van der Waals surface area contributed by atoms with Gasteiger partial charge in [0.15, 0.2) is 0 Å². The van der Waals surface area contributed by atoms with E-state index in [0.717, 1.165) is 19.3 Å². The quantitative estimate of drug-likeness (QED) is 0.745. The number of rotatable bonds is 3. The van der Waals surface area contributed by atoms with Crippen LogP contribution in [0.1, 0.15) is 60.3 Å². The molecule has 1 fully saturated rings. The molecule has 3 N–H and O–H groups in total. The van der Waals surface area contributed by atoms with Crippen molar-refractivity contribution in [1.29, 1.82) is 0 Å². The van der Waals surface area contributed by atoms with E-state index < -0.39 is 17.4 Å². The summed E-state index contributed by atoms with van der Waals surface area (Å²) in [6, 6.07) is -1.14. The molecule has 0 bridgehead atoms. The number of aliphatic carboxylic acids is 1. The van der Waals surface area contributed by atoms with Crippen LogP contribution in [0.5, 0.6) is 0 Å². The predicted octanol–water partition coefficient (Wildman–Crippen LogP) is 2.75. The van der Waals surface area contributed by atoms with Gasteiger partial charge >= 0.3 is 12.0 Å². The number of carboxylic acids is 1. The van der Waals surface area contributed by atoms with E-state index in [2.05, 4.69) is 24.5 Å². The van der Waals surface area contributed by atoms with Crippen molar-refractivity contribution in [2.24, 2.45) is 10.8 Å². The maximum Gasteiger partial charge on any atom is 0.326 e. The van der Waals surface area contributed by atoms with Crippen molar-refractivity contribution in [3.63, 3.8) is 0 Å². The third-order valence-electron chi connectivity index (χ3n) is 3.93. The van der Waals surface area contributed by atoms with Crippen LogP contribution in [0.25, 0.3) is 0 Å². The number of amides is 2. The first-order chi connectivity index (χ1) is 9.01. The van der Waals surface area contributed by atoms with Crippen LogP contribution in [0.2, 0.25) is 0 Å². The second-order valence-electron chi connectivity index (χ2n) is 7.71. The van der Waals surface area contributed by atoms with Crippen molar-refractivity contribution < 1.29 is 14.7 Å². The molecule has 0 aromatic heterocycles. The number of urea groups is 1. The van der Waals surface area contributed by atoms with Crippen LogP contribution in [-0.4, -0.2) is 29.2 Å². The number of hydrogen-bond acceptors (Lipinski definition) is 2. The molecule has 5 heteroatoms. The second kappa shape index (κ2) is 6.02. The van der Waals surface area contributed by atoms with Gasteiger partial charge < -0.3 is 15.7 Å². The van der Waals surface area contributed by atoms with Gasteiger partial charge in [0, 0.05) is 6.04 Å². The van der Waals surface area contributed by atoms with Crippen LogP contribution >= 0.6 is 0 Å². The number of hydrogen-bond donors (Lipinski definition) is 3. The smallest absolute Gasteiger partial charge is 0.326 e. The van der Waals surface area contributed by atoms with Gasteiger partial charge in [-0.1, -0.05) is 41.0 Å². The molecule has 0 heterocycles. The minimum Gasteiger partial charge on any atom is -0.480 e. The molecule has 1 unspecified atom stereocenters. The van der Waals surface area contributed by atoms with E-state index in [1.807, 2.05) is 0 Å². The normalized spacial score (nSPS) is 23.8. The second-order valence-corrected chi connectivity index (χ2v) is 7.71. The molecule has 2 atom stereocenters. The lowest BCUT2D eigenvalue weighted by atomic mass is 9.75. The summed E-state index contributed by atoms with van der Waals surface area (Å²) in [5.74, 6) is -1.00. The lowest BCUT2D eigenvalue weighted by Crippen LogP contribution is -2.54. The zero-order chi connectivity index (χ0) is 15.6. The number of nitrogens with one attached hydrogen (secondary N) is 2. The summed E-state index contributed by atoms with van der Waals surface area (Å²) in [4.78, 5) is 23.2. The van der Waals surface area contributed by atoms with E-state index in [4.69, 9.17) is 0 Å². The third kappa shape index (κ3) is 5.02. The Balaban J connectivity index is 2.56. The Bertz CT molecular complexity index is 372. The zero-order valence-electron chi connectivity index (χ0n) is 13.2. The van der Waals surface area contributed by atoms with Crippen LogP contribution in [0.15, 0.2) is 0 Å². The van der Waals surface area contributed by atoms with Gasteiger partial charge in [-0.05, 0) is 30.1 Å². The molecule has 0 aromatic carbocycles. The summed E-state index contributed by atoms with van der Waals surface area (Å²) in [5.41, 5.74) is -0.276. The molecule has 0 radical (unpaired) electrons. The van der Waals surface area contributed by atoms with E-state index in [9.17, 15) is 14.7 Å². The minimum absolute atomic E-state index is 0.133. The molecule has 1 saturated carbocycles. The molecule has 1 rings (SSSR count). The zero-order valence-corrected chi connectivity index (χ0v) is 13.2. The molecule has 1 aliphatic rings. The van der Waals surface area contributed by atoms with Crippen molar-refractivity contribution in [1.82, 2.24) is 10.6 Å². The largest absolute Gasteiger partial charge is 0.480 e. The highest BCUT2D eigenvalue weighted by atomic mass is 16.4. The molecule has 5 nitrogen and oxygen atoms in total. The number of carbonyl (C=O) groups excluding carboxylic acids is 1. The fraction of sp³-hybridized carbons (Fsp3) is 0.867. The first-order valence-electron chi connectivity index (χ1n) is 7.31. The molecule has 0 spiro atoms. The highest BCUT2D eigenvalue weighted by Crippen LogP contribution is 2.35. The first kappa shape index (κ1) is 16.8. The summed E-state index contributed by atoms with van der Waals surface area (Å²) >= 11 is 0. The Morgan fingerprint density at radius 3 is 2.35 bits per heavy atom. The average molecular weight is 284 g/mol. The van der Waals surface area contributed by atoms with Gasteiger partial charge in [-0.25, -0.2) is 9.59 Å². The highest BCUT2D eigenvalue weighted by molar-refractivity contribution is 5.83. The van der Waals surface area contributed by atoms with Crippen LogP contribution < -0.4 is 10.6 Å². The van der Waals surface area contributed by atoms with Crippen LogP contribution in [0, 0.1) is 10.8 Å². The fourth-order valence-corrected chi connectivity index (χ4v) is 2.83. The molecule has 2 amide bonds. The van der Waals surface area contributed by atoms with E-state index in [1.165, 1.54) is 6.42 Å². The van der Waals surface area contributed by atoms with Gasteiger partial charge in [-0.2, -0.15) is 0 Å². The van der Waals surface area contributed by atoms with Crippen LogP contribution in [-0.2, 0) is 4.79 Å². The van der Waals surface area contributed by atoms with E-state index in [0.29, 0.717) is 0 Å². The fourth-order valence-electron chi connectivity index (χ4n) is 2.83. The topological polar surface area (TPSA) is 78.4 Å². The Morgan fingerprint density at radius 1 is 1.30 bits per heavy atom. The number of carboxylic acid groups (broad SMARTS) is 1. The predicted molar refractivity (Wildman–Crippen MR) is 78.6 cm³/mol. The van der Waals surface area contributed by atoms with Crippen molar-refractivity contribution in [2.75, 3.05) is 0 Å². The van der Waals surface area contributed by atoms with Gasteiger partial charge in [0.05, 0.1) is 0 Å². The maximum absolute atomic E-state index is 12.0. The van der Waals surface area contributed by atoms with Crippen molar-refractivity contribution in [2.45, 2.75) is 72.4 Å². The van der Waals surface area contributed by atoms with Gasteiger partial charge in [0.2, 0.25) is 0 Å². The Morgan fingerprint density at radius 2 is 1.90 bits per heavy atom. The molecule has 0 saturated heterocycles. The maximum atomic E-state index is 12.0. The van der Waals surface area contributed by atoms with Crippen molar-refractivity contribution in [3.05, 3.63) is 0 Å². The first-order valence-corrected chi connectivity index (χ1v) is 7.31. The van der Waals surface area contributed by atoms with Crippen LogP contribution in [0.4, 0.5) is 4.79 Å². The van der Waals surface area contributed by atoms with E-state index in [-0.39, 0.29) is 17.5 Å². The van der Waals surface area contributed by atoms with Gasteiger partial charge in [0.25, 0.3) is 0 Å². The summed E-state index contributed by atoms with van der Waals surface area (Å²) in [7, 11) is 0. The Hall–Kier alpha value is -1.26. The monoisotopic (exact) mass is 284 g/mol. The lowest BCUT2D eigenvalue weighted by Gasteiger charge is -2.36. The molecular formula is C15H28N2O3. The van der Waals surface area contributed by atoms with E-state index >= 15 is 0 Å².